The van der Waals surface area contributed by atoms with Crippen molar-refractivity contribution in [2.45, 2.75) is 0 Å². The Morgan fingerprint density at radius 1 is 0.333 bits per heavy atom. The summed E-state index contributed by atoms with van der Waals surface area (Å²) >= 11 is 0. The average Bonchev–Trinajstić information content (AvgIpc) is 0. The van der Waals surface area contributed by atoms with Crippen LogP contribution in [0.5, 0.6) is 0 Å². The van der Waals surface area contributed by atoms with Crippen molar-refractivity contribution in [3.05, 3.63) is 0 Å². The maximum Gasteiger partial charge on any atom is 3.00 e. The summed E-state index contributed by atoms with van der Waals surface area (Å²) in [6.45, 7) is 0. The third-order valence-corrected chi connectivity index (χ3v) is 0. The van der Waals surface area contributed by atoms with Gasteiger partial charge in [0.15, 0.2) is 0 Å². The predicted octanol–water partition coefficient (Wildman–Crippen LogP) is -0.0220. The molecule has 0 saturated heterocycles. The third-order valence-electron chi connectivity index (χ3n) is 0. The average molecular weight is 685 g/mol. The molecule has 0 nitrogen and oxygen atoms in total. The molecular weight excluding hydrogens is 685 g/mol. The van der Waals surface area contributed by atoms with Crippen LogP contribution in [0.4, 0.5) is 0 Å². The van der Waals surface area contributed by atoms with Crippen molar-refractivity contribution in [3.8, 4) is 0 Å². The minimum atomic E-state index is 0. The molecule has 0 heterocycles. The van der Waals surface area contributed by atoms with Crippen molar-refractivity contribution in [1.29, 1.82) is 0 Å². The summed E-state index contributed by atoms with van der Waals surface area (Å²) in [5.74, 6) is 0. The Bertz CT molecular complexity index is 12.9. The van der Waals surface area contributed by atoms with Crippen LogP contribution in [0.3, 0.4) is 0 Å². The van der Waals surface area contributed by atoms with Gasteiger partial charge < -0.3 is 67.5 Å². The summed E-state index contributed by atoms with van der Waals surface area (Å²) in [5, 5.41) is 0. The summed E-state index contributed by atoms with van der Waals surface area (Å²) in [7, 11) is 0. The Morgan fingerprint density at radius 2 is 0.333 bits per heavy atom. The molecule has 0 N–H and O–H groups in total. The standard InChI is InChI=1S/2Au.5S.2Zn/q2*+3;5*-2;2*+2. The minimum Gasteiger partial charge on any atom is -2.00 e. The van der Waals surface area contributed by atoms with Gasteiger partial charge >= 0.3 is 83.7 Å². The molecule has 0 atom stereocenters. The summed E-state index contributed by atoms with van der Waals surface area (Å²) in [4.78, 5) is 0. The van der Waals surface area contributed by atoms with Crippen LogP contribution in [0.15, 0.2) is 0 Å². The molecule has 0 fully saturated rings. The first kappa shape index (κ1) is 105. The van der Waals surface area contributed by atoms with E-state index in [1.165, 1.54) is 0 Å². The van der Waals surface area contributed by atoms with Crippen LogP contribution in [0.1, 0.15) is 0 Å². The Balaban J connectivity index is 0. The van der Waals surface area contributed by atoms with E-state index in [-0.39, 0.29) is 151 Å². The third kappa shape index (κ3) is 68.3. The van der Waals surface area contributed by atoms with E-state index in [0.29, 0.717) is 0 Å². The van der Waals surface area contributed by atoms with Crippen LogP contribution in [-0.4, -0.2) is 0 Å². The topological polar surface area (TPSA) is 0 Å². The molecule has 0 spiro atoms. The summed E-state index contributed by atoms with van der Waals surface area (Å²) < 4.78 is 0. The van der Waals surface area contributed by atoms with E-state index in [1.54, 1.807) is 0 Å². The van der Waals surface area contributed by atoms with E-state index in [9.17, 15) is 0 Å². The van der Waals surface area contributed by atoms with Crippen molar-refractivity contribution in [1.82, 2.24) is 0 Å². The molecule has 0 aromatic rings. The summed E-state index contributed by atoms with van der Waals surface area (Å²) in [6, 6.07) is 0. The molecule has 0 radical (unpaired) electrons. The van der Waals surface area contributed by atoms with Crippen molar-refractivity contribution in [3.63, 3.8) is 0 Å². The van der Waals surface area contributed by atoms with Gasteiger partial charge in [0.25, 0.3) is 0 Å². The smallest absolute Gasteiger partial charge is 2.00 e. The number of hydrogen-bond donors (Lipinski definition) is 0. The minimum absolute atomic E-state index is 0. The zero-order valence-corrected chi connectivity index (χ0v) is 18.4. The predicted molar refractivity (Wildman–Crippen MR) is 36.8 cm³/mol. The van der Waals surface area contributed by atoms with Crippen LogP contribution in [0, 0.1) is 0 Å². The first-order valence-corrected chi connectivity index (χ1v) is 0. The van der Waals surface area contributed by atoms with E-state index < -0.39 is 0 Å². The molecule has 0 rings (SSSR count). The van der Waals surface area contributed by atoms with Gasteiger partial charge in [0.05, 0.1) is 0 Å². The molecule has 0 amide bonds. The van der Waals surface area contributed by atoms with Gasteiger partial charge in [0, 0.05) is 0 Å². The molecule has 0 aliphatic heterocycles. The Morgan fingerprint density at radius 3 is 0.333 bits per heavy atom. The van der Waals surface area contributed by atoms with Crippen LogP contribution in [0.2, 0.25) is 0 Å². The molecule has 9 heteroatoms. The van der Waals surface area contributed by atoms with Gasteiger partial charge in [-0.2, -0.15) is 0 Å². The van der Waals surface area contributed by atoms with E-state index >= 15 is 0 Å². The van der Waals surface area contributed by atoms with Crippen LogP contribution >= 0.6 is 0 Å². The fourth-order valence-corrected chi connectivity index (χ4v) is 0. The van der Waals surface area contributed by atoms with E-state index in [2.05, 4.69) is 0 Å². The second-order valence-electron chi connectivity index (χ2n) is 0. The van der Waals surface area contributed by atoms with Gasteiger partial charge in [-0.1, -0.05) is 0 Å². The van der Waals surface area contributed by atoms with E-state index in [0.717, 1.165) is 0 Å². The summed E-state index contributed by atoms with van der Waals surface area (Å²) in [5.41, 5.74) is 0. The largest absolute Gasteiger partial charge is 3.00 e. The first-order valence-electron chi connectivity index (χ1n) is 0. The monoisotopic (exact) mass is 682 g/mol. The van der Waals surface area contributed by atoms with E-state index in [1.807, 2.05) is 0 Å². The van der Waals surface area contributed by atoms with Crippen LogP contribution in [0.25, 0.3) is 0 Å². The number of rotatable bonds is 0. The molecular formula is Au2S5Zn2. The molecule has 0 aliphatic carbocycles. The zero-order chi connectivity index (χ0) is 0. The Kier molecular flexibility index (Phi) is 954. The second kappa shape index (κ2) is 82.0. The van der Waals surface area contributed by atoms with Crippen LogP contribution in [-0.2, 0) is 151 Å². The maximum absolute atomic E-state index is 0. The molecule has 0 aliphatic rings. The fourth-order valence-electron chi connectivity index (χ4n) is 0. The second-order valence-corrected chi connectivity index (χ2v) is 0. The zero-order valence-electron chi connectivity index (χ0n) is 4.06. The Labute approximate surface area is 148 Å². The molecule has 9 heavy (non-hydrogen) atoms. The first-order chi connectivity index (χ1) is 0. The molecule has 0 saturated carbocycles. The molecule has 0 unspecified atom stereocenters. The van der Waals surface area contributed by atoms with Crippen molar-refractivity contribution >= 4 is 67.5 Å². The van der Waals surface area contributed by atoms with E-state index in [4.69, 9.17) is 0 Å². The van der Waals surface area contributed by atoms with Gasteiger partial charge in [-0.15, -0.1) is 0 Å². The summed E-state index contributed by atoms with van der Waals surface area (Å²) in [6.07, 6.45) is 0. The van der Waals surface area contributed by atoms with Crippen molar-refractivity contribution in [2.24, 2.45) is 0 Å². The van der Waals surface area contributed by atoms with Gasteiger partial charge in [-0.05, 0) is 0 Å². The molecule has 0 bridgehead atoms. The molecule has 0 aromatic heterocycles. The van der Waals surface area contributed by atoms with Crippen LogP contribution < -0.4 is 0 Å². The van der Waals surface area contributed by atoms with Gasteiger partial charge in [0.2, 0.25) is 0 Å². The van der Waals surface area contributed by atoms with Crippen molar-refractivity contribution < 1.29 is 83.7 Å². The van der Waals surface area contributed by atoms with Crippen molar-refractivity contribution in [2.75, 3.05) is 0 Å². The van der Waals surface area contributed by atoms with Gasteiger partial charge in [0.1, 0.15) is 0 Å². The maximum atomic E-state index is 0. The molecule has 56 valence electrons. The normalized spacial score (nSPS) is 0. The van der Waals surface area contributed by atoms with Gasteiger partial charge in [-0.25, -0.2) is 0 Å². The quantitative estimate of drug-likeness (QED) is 0.315. The number of hydrogen-bond acceptors (Lipinski definition) is 0. The Hall–Kier alpha value is 4.48. The fraction of sp³-hybridized carbons (Fsp3) is 0. The van der Waals surface area contributed by atoms with Gasteiger partial charge in [-0.3, -0.25) is 0 Å². The SMILES string of the molecule is [Au+3].[Au+3].[S-2].[S-2].[S-2].[S-2].[S-2].[Zn+2].[Zn+2]. The molecule has 0 aromatic carbocycles.